The van der Waals surface area contributed by atoms with Gasteiger partial charge in [0.25, 0.3) is 0 Å². The lowest BCUT2D eigenvalue weighted by molar-refractivity contribution is -0.140. The first-order valence-electron chi connectivity index (χ1n) is 5.02. The summed E-state index contributed by atoms with van der Waals surface area (Å²) in [5.74, 6) is 0.265. The molecule has 1 rings (SSSR count). The van der Waals surface area contributed by atoms with Crippen LogP contribution in [0.25, 0.3) is 0 Å². The zero-order chi connectivity index (χ0) is 12.8. The molecule has 1 heterocycles. The molecule has 0 aromatic carbocycles. The van der Waals surface area contributed by atoms with E-state index in [4.69, 9.17) is 9.52 Å². The van der Waals surface area contributed by atoms with Crippen molar-refractivity contribution in [3.8, 4) is 5.75 Å². The Morgan fingerprint density at radius 1 is 1.65 bits per heavy atom. The molecule has 1 N–H and O–H groups in total. The largest absolute Gasteiger partial charge is 0.502 e. The van der Waals surface area contributed by atoms with Gasteiger partial charge in [-0.2, -0.15) is 11.8 Å². The van der Waals surface area contributed by atoms with Crippen molar-refractivity contribution in [2.24, 2.45) is 0 Å². The molecule has 0 saturated carbocycles. The molecule has 0 aliphatic carbocycles. The smallest absolute Gasteiger partial charge is 0.306 e. The lowest BCUT2D eigenvalue weighted by Crippen LogP contribution is -2.09. The summed E-state index contributed by atoms with van der Waals surface area (Å²) < 4.78 is 9.58. The van der Waals surface area contributed by atoms with Crippen molar-refractivity contribution in [2.45, 2.75) is 24.3 Å². The van der Waals surface area contributed by atoms with E-state index in [2.05, 4.69) is 4.74 Å². The molecule has 0 aliphatic heterocycles. The van der Waals surface area contributed by atoms with Gasteiger partial charge in [0.15, 0.2) is 5.75 Å². The molecular formula is C11H14O5S. The zero-order valence-corrected chi connectivity index (χ0v) is 10.5. The van der Waals surface area contributed by atoms with Crippen LogP contribution in [0, 0.1) is 0 Å². The molecule has 0 radical (unpaired) electrons. The third kappa shape index (κ3) is 4.52. The topological polar surface area (TPSA) is 76.7 Å². The monoisotopic (exact) mass is 258 g/mol. The molecule has 94 valence electrons. The average molecular weight is 258 g/mol. The minimum absolute atomic E-state index is 0.0709. The van der Waals surface area contributed by atoms with Crippen LogP contribution in [0.2, 0.25) is 0 Å². The van der Waals surface area contributed by atoms with Crippen LogP contribution in [0.15, 0.2) is 21.5 Å². The summed E-state index contributed by atoms with van der Waals surface area (Å²) in [6, 6.07) is 1.24. The summed E-state index contributed by atoms with van der Waals surface area (Å²) in [6.45, 7) is 1.89. The van der Waals surface area contributed by atoms with Gasteiger partial charge in [0.1, 0.15) is 12.0 Å². The summed E-state index contributed by atoms with van der Waals surface area (Å²) >= 11 is 1.47. The fourth-order valence-corrected chi connectivity index (χ4v) is 1.97. The molecule has 0 saturated heterocycles. The van der Waals surface area contributed by atoms with E-state index in [0.29, 0.717) is 17.9 Å². The quantitative estimate of drug-likeness (QED) is 0.807. The van der Waals surface area contributed by atoms with Gasteiger partial charge in [-0.15, -0.1) is 0 Å². The maximum absolute atomic E-state index is 11.1. The lowest BCUT2D eigenvalue weighted by Gasteiger charge is -2.08. The van der Waals surface area contributed by atoms with Gasteiger partial charge in [-0.05, 0) is 0 Å². The van der Waals surface area contributed by atoms with E-state index in [0.717, 1.165) is 6.26 Å². The van der Waals surface area contributed by atoms with Crippen molar-refractivity contribution >= 4 is 17.7 Å². The van der Waals surface area contributed by atoms with Crippen LogP contribution in [0.4, 0.5) is 0 Å². The molecule has 6 heteroatoms. The number of rotatable bonds is 5. The Balaban J connectivity index is 2.47. The minimum atomic E-state index is -0.465. The van der Waals surface area contributed by atoms with Gasteiger partial charge in [-0.25, -0.2) is 0 Å². The zero-order valence-electron chi connectivity index (χ0n) is 9.63. The number of carbonyl (C=O) groups is 1. The van der Waals surface area contributed by atoms with E-state index in [9.17, 15) is 9.59 Å². The number of aromatic hydroxyl groups is 1. The third-order valence-electron chi connectivity index (χ3n) is 2.06. The fraction of sp³-hybridized carbons (Fsp3) is 0.455. The van der Waals surface area contributed by atoms with Gasteiger partial charge in [-0.3, -0.25) is 9.59 Å². The maximum Gasteiger partial charge on any atom is 0.306 e. The summed E-state index contributed by atoms with van der Waals surface area (Å²) in [6.07, 6.45) is 1.33. The number of hydrogen-bond donors (Lipinski definition) is 1. The van der Waals surface area contributed by atoms with Gasteiger partial charge < -0.3 is 14.3 Å². The van der Waals surface area contributed by atoms with Crippen LogP contribution < -0.4 is 5.43 Å². The van der Waals surface area contributed by atoms with Gasteiger partial charge in [0.2, 0.25) is 5.43 Å². The number of hydrogen-bond acceptors (Lipinski definition) is 6. The third-order valence-corrected chi connectivity index (χ3v) is 3.25. The Kier molecular flexibility index (Phi) is 5.09. The lowest BCUT2D eigenvalue weighted by atomic mass is 10.3. The van der Waals surface area contributed by atoms with Crippen LogP contribution in [0.1, 0.15) is 19.1 Å². The Labute approximate surface area is 103 Å². The van der Waals surface area contributed by atoms with Crippen molar-refractivity contribution in [2.75, 3.05) is 7.11 Å². The fourth-order valence-electron chi connectivity index (χ4n) is 1.12. The summed E-state index contributed by atoms with van der Waals surface area (Å²) in [5, 5.41) is 9.07. The molecule has 0 bridgehead atoms. The second kappa shape index (κ2) is 6.34. The van der Waals surface area contributed by atoms with Crippen molar-refractivity contribution in [1.82, 2.24) is 0 Å². The van der Waals surface area contributed by atoms with Gasteiger partial charge >= 0.3 is 5.97 Å². The predicted molar refractivity (Wildman–Crippen MR) is 64.0 cm³/mol. The molecule has 1 aromatic rings. The number of thioether (sulfide) groups is 1. The summed E-state index contributed by atoms with van der Waals surface area (Å²) in [4.78, 5) is 22.1. The molecule has 0 aliphatic rings. The Hall–Kier alpha value is -1.43. The van der Waals surface area contributed by atoms with Crippen molar-refractivity contribution in [3.05, 3.63) is 28.3 Å². The molecule has 1 atom stereocenters. The predicted octanol–water partition coefficient (Wildman–Crippen LogP) is 1.53. The minimum Gasteiger partial charge on any atom is -0.502 e. The first-order valence-corrected chi connectivity index (χ1v) is 6.07. The molecule has 17 heavy (non-hydrogen) atoms. The molecule has 1 unspecified atom stereocenters. The first-order chi connectivity index (χ1) is 8.02. The summed E-state index contributed by atoms with van der Waals surface area (Å²) in [5.41, 5.74) is -0.465. The van der Waals surface area contributed by atoms with Crippen molar-refractivity contribution in [3.63, 3.8) is 0 Å². The highest BCUT2D eigenvalue weighted by Gasteiger charge is 2.11. The molecule has 5 nitrogen and oxygen atoms in total. The normalized spacial score (nSPS) is 12.1. The highest BCUT2D eigenvalue weighted by Crippen LogP contribution is 2.20. The molecular weight excluding hydrogens is 244 g/mol. The van der Waals surface area contributed by atoms with Gasteiger partial charge in [0.05, 0.1) is 19.3 Å². The summed E-state index contributed by atoms with van der Waals surface area (Å²) in [7, 11) is 1.35. The van der Waals surface area contributed by atoms with Crippen molar-refractivity contribution in [1.29, 1.82) is 0 Å². The number of esters is 1. The van der Waals surface area contributed by atoms with Gasteiger partial charge in [-0.1, -0.05) is 6.92 Å². The Morgan fingerprint density at radius 3 is 2.94 bits per heavy atom. The first kappa shape index (κ1) is 13.6. The molecule has 1 aromatic heterocycles. The Morgan fingerprint density at radius 2 is 2.35 bits per heavy atom. The van der Waals surface area contributed by atoms with Crippen LogP contribution >= 0.6 is 11.8 Å². The molecule has 0 spiro atoms. The van der Waals surface area contributed by atoms with Crippen LogP contribution in [0.3, 0.4) is 0 Å². The van der Waals surface area contributed by atoms with Crippen LogP contribution in [-0.4, -0.2) is 23.4 Å². The SMILES string of the molecule is COC(=O)CC(C)SCc1cc(=O)c(O)co1. The standard InChI is InChI=1S/C11H14O5S/c1-7(3-11(14)15-2)17-6-8-4-9(12)10(13)5-16-8/h4-5,7,13H,3,6H2,1-2H3. The maximum atomic E-state index is 11.1. The highest BCUT2D eigenvalue weighted by atomic mass is 32.2. The highest BCUT2D eigenvalue weighted by molar-refractivity contribution is 7.99. The van der Waals surface area contributed by atoms with E-state index in [1.165, 1.54) is 24.9 Å². The molecule has 0 amide bonds. The van der Waals surface area contributed by atoms with Crippen LogP contribution in [-0.2, 0) is 15.3 Å². The number of ether oxygens (including phenoxy) is 1. The number of carbonyl (C=O) groups excluding carboxylic acids is 1. The van der Waals surface area contributed by atoms with E-state index in [-0.39, 0.29) is 11.2 Å². The van der Waals surface area contributed by atoms with Crippen molar-refractivity contribution < 1.29 is 19.1 Å². The van der Waals surface area contributed by atoms with E-state index < -0.39 is 11.2 Å². The number of methoxy groups -OCH3 is 1. The second-order valence-corrected chi connectivity index (χ2v) is 4.92. The Bertz CT molecular complexity index is 440. The van der Waals surface area contributed by atoms with E-state index in [1.54, 1.807) is 0 Å². The average Bonchev–Trinajstić information content (AvgIpc) is 2.30. The van der Waals surface area contributed by atoms with Crippen LogP contribution in [0.5, 0.6) is 5.75 Å². The van der Waals surface area contributed by atoms with E-state index >= 15 is 0 Å². The van der Waals surface area contributed by atoms with E-state index in [1.807, 2.05) is 6.92 Å². The second-order valence-electron chi connectivity index (χ2n) is 3.50. The van der Waals surface area contributed by atoms with Gasteiger partial charge in [0, 0.05) is 11.3 Å². The molecule has 0 fully saturated rings.